The second-order valence-corrected chi connectivity index (χ2v) is 5.29. The summed E-state index contributed by atoms with van der Waals surface area (Å²) < 4.78 is 10.4. The molecule has 1 fully saturated rings. The molecule has 1 aromatic heterocycles. The van der Waals surface area contributed by atoms with Crippen molar-refractivity contribution in [1.29, 1.82) is 0 Å². The maximum absolute atomic E-state index is 12.3. The average Bonchev–Trinajstić information content (AvgIpc) is 2.78. The van der Waals surface area contributed by atoms with Crippen LogP contribution in [-0.2, 0) is 9.53 Å². The normalized spacial score (nSPS) is 18.9. The predicted molar refractivity (Wildman–Crippen MR) is 74.4 cm³/mol. The minimum Gasteiger partial charge on any atom is -0.378 e. The molecule has 0 radical (unpaired) electrons. The van der Waals surface area contributed by atoms with E-state index in [1.807, 2.05) is 32.6 Å². The number of nitrogens with zero attached hydrogens (tertiary/aromatic N) is 2. The fraction of sp³-hybridized carbons (Fsp3) is 0.714. The Bertz CT molecular complexity index is 447. The molecule has 2 atom stereocenters. The van der Waals surface area contributed by atoms with E-state index in [-0.39, 0.29) is 18.0 Å². The van der Waals surface area contributed by atoms with Gasteiger partial charge in [-0.15, -0.1) is 0 Å². The SMILES string of the molecule is Cc1noc(C)c1C(C)NC(C)C(=O)N1CCOCC1. The standard InChI is InChI=1S/C14H23N3O3/c1-9(13-10(2)16-20-12(13)4)15-11(3)14(18)17-5-7-19-8-6-17/h9,11,15H,5-8H2,1-4H3. The Labute approximate surface area is 119 Å². The van der Waals surface area contributed by atoms with E-state index >= 15 is 0 Å². The van der Waals surface area contributed by atoms with Crippen LogP contribution in [0.15, 0.2) is 4.52 Å². The van der Waals surface area contributed by atoms with E-state index < -0.39 is 0 Å². The van der Waals surface area contributed by atoms with E-state index in [4.69, 9.17) is 9.26 Å². The molecule has 0 aromatic carbocycles. The third-order valence-electron chi connectivity index (χ3n) is 3.71. The van der Waals surface area contributed by atoms with Crippen LogP contribution in [0.25, 0.3) is 0 Å². The molecule has 1 amide bonds. The van der Waals surface area contributed by atoms with Gasteiger partial charge in [0.15, 0.2) is 0 Å². The zero-order valence-corrected chi connectivity index (χ0v) is 12.6. The molecule has 2 rings (SSSR count). The van der Waals surface area contributed by atoms with E-state index in [1.165, 1.54) is 0 Å². The fourth-order valence-electron chi connectivity index (χ4n) is 2.70. The molecule has 2 unspecified atom stereocenters. The van der Waals surface area contributed by atoms with E-state index in [0.29, 0.717) is 26.3 Å². The summed E-state index contributed by atoms with van der Waals surface area (Å²) in [7, 11) is 0. The summed E-state index contributed by atoms with van der Waals surface area (Å²) in [6.45, 7) is 10.3. The number of aromatic nitrogens is 1. The molecule has 0 aliphatic carbocycles. The van der Waals surface area contributed by atoms with Crippen LogP contribution < -0.4 is 5.32 Å². The first-order chi connectivity index (χ1) is 9.50. The molecular weight excluding hydrogens is 258 g/mol. The van der Waals surface area contributed by atoms with Crippen LogP contribution in [-0.4, -0.2) is 48.3 Å². The molecule has 0 spiro atoms. The summed E-state index contributed by atoms with van der Waals surface area (Å²) in [5.74, 6) is 0.917. The lowest BCUT2D eigenvalue weighted by atomic mass is 10.1. The Hall–Kier alpha value is -1.40. The second kappa shape index (κ2) is 6.37. The second-order valence-electron chi connectivity index (χ2n) is 5.29. The zero-order valence-electron chi connectivity index (χ0n) is 12.6. The lowest BCUT2D eigenvalue weighted by Gasteiger charge is -2.30. The van der Waals surface area contributed by atoms with E-state index in [1.54, 1.807) is 0 Å². The van der Waals surface area contributed by atoms with Gasteiger partial charge in [0.05, 0.1) is 24.9 Å². The third-order valence-corrected chi connectivity index (χ3v) is 3.71. The molecule has 20 heavy (non-hydrogen) atoms. The number of carbonyl (C=O) groups excluding carboxylic acids is 1. The number of nitrogens with one attached hydrogen (secondary N) is 1. The van der Waals surface area contributed by atoms with Crippen molar-refractivity contribution >= 4 is 5.91 Å². The molecular formula is C14H23N3O3. The molecule has 1 N–H and O–H groups in total. The summed E-state index contributed by atoms with van der Waals surface area (Å²) >= 11 is 0. The number of ether oxygens (including phenoxy) is 1. The van der Waals surface area contributed by atoms with Crippen molar-refractivity contribution in [2.24, 2.45) is 0 Å². The van der Waals surface area contributed by atoms with Gasteiger partial charge >= 0.3 is 0 Å². The van der Waals surface area contributed by atoms with Crippen molar-refractivity contribution in [3.05, 3.63) is 17.0 Å². The average molecular weight is 281 g/mol. The molecule has 2 heterocycles. The molecule has 0 saturated carbocycles. The monoisotopic (exact) mass is 281 g/mol. The Balaban J connectivity index is 1.96. The maximum atomic E-state index is 12.3. The molecule has 112 valence electrons. The number of hydrogen-bond acceptors (Lipinski definition) is 5. The quantitative estimate of drug-likeness (QED) is 0.898. The van der Waals surface area contributed by atoms with Crippen molar-refractivity contribution in [2.75, 3.05) is 26.3 Å². The van der Waals surface area contributed by atoms with Gasteiger partial charge in [-0.05, 0) is 27.7 Å². The van der Waals surface area contributed by atoms with Crippen molar-refractivity contribution in [2.45, 2.75) is 39.8 Å². The number of hydrogen-bond donors (Lipinski definition) is 1. The largest absolute Gasteiger partial charge is 0.378 e. The molecule has 1 aliphatic heterocycles. The summed E-state index contributed by atoms with van der Waals surface area (Å²) in [5.41, 5.74) is 1.90. The first kappa shape index (κ1) is 15.0. The van der Waals surface area contributed by atoms with Crippen molar-refractivity contribution < 1.29 is 14.1 Å². The van der Waals surface area contributed by atoms with Gasteiger partial charge in [-0.1, -0.05) is 5.16 Å². The highest BCUT2D eigenvalue weighted by molar-refractivity contribution is 5.81. The first-order valence-electron chi connectivity index (χ1n) is 7.06. The van der Waals surface area contributed by atoms with Crippen LogP contribution >= 0.6 is 0 Å². The number of aryl methyl sites for hydroxylation is 2. The third kappa shape index (κ3) is 3.19. The van der Waals surface area contributed by atoms with Gasteiger partial charge in [0.1, 0.15) is 5.76 Å². The van der Waals surface area contributed by atoms with Crippen LogP contribution in [0.2, 0.25) is 0 Å². The van der Waals surface area contributed by atoms with Crippen LogP contribution in [0.5, 0.6) is 0 Å². The lowest BCUT2D eigenvalue weighted by Crippen LogP contribution is -2.49. The minimum absolute atomic E-state index is 0.0289. The van der Waals surface area contributed by atoms with Crippen LogP contribution in [0.4, 0.5) is 0 Å². The molecule has 6 heteroatoms. The van der Waals surface area contributed by atoms with Gasteiger partial charge in [0.25, 0.3) is 0 Å². The number of rotatable bonds is 4. The molecule has 0 bridgehead atoms. The number of amides is 1. The zero-order chi connectivity index (χ0) is 14.7. The van der Waals surface area contributed by atoms with Crippen LogP contribution in [0, 0.1) is 13.8 Å². The highest BCUT2D eigenvalue weighted by atomic mass is 16.5. The number of morpholine rings is 1. The van der Waals surface area contributed by atoms with Gasteiger partial charge in [0, 0.05) is 24.7 Å². The van der Waals surface area contributed by atoms with Crippen LogP contribution in [0.1, 0.15) is 36.9 Å². The summed E-state index contributed by atoms with van der Waals surface area (Å²) in [4.78, 5) is 14.2. The maximum Gasteiger partial charge on any atom is 0.239 e. The Morgan fingerprint density at radius 3 is 2.50 bits per heavy atom. The summed E-state index contributed by atoms with van der Waals surface area (Å²) in [6, 6.07) is -0.210. The summed E-state index contributed by atoms with van der Waals surface area (Å²) in [5, 5.41) is 7.28. The van der Waals surface area contributed by atoms with E-state index in [2.05, 4.69) is 10.5 Å². The fourth-order valence-corrected chi connectivity index (χ4v) is 2.70. The highest BCUT2D eigenvalue weighted by Gasteiger charge is 2.25. The van der Waals surface area contributed by atoms with Gasteiger partial charge in [0.2, 0.25) is 5.91 Å². The molecule has 1 saturated heterocycles. The van der Waals surface area contributed by atoms with Gasteiger partial charge in [-0.3, -0.25) is 10.1 Å². The minimum atomic E-state index is -0.239. The highest BCUT2D eigenvalue weighted by Crippen LogP contribution is 2.21. The van der Waals surface area contributed by atoms with Gasteiger partial charge in [-0.25, -0.2) is 0 Å². The van der Waals surface area contributed by atoms with E-state index in [9.17, 15) is 4.79 Å². The Kier molecular flexibility index (Phi) is 4.77. The molecule has 6 nitrogen and oxygen atoms in total. The van der Waals surface area contributed by atoms with E-state index in [0.717, 1.165) is 17.0 Å². The predicted octanol–water partition coefficient (Wildman–Crippen LogP) is 1.19. The van der Waals surface area contributed by atoms with Gasteiger partial charge in [-0.2, -0.15) is 0 Å². The Morgan fingerprint density at radius 1 is 1.30 bits per heavy atom. The summed E-state index contributed by atoms with van der Waals surface area (Å²) in [6.07, 6.45) is 0. The van der Waals surface area contributed by atoms with Gasteiger partial charge < -0.3 is 14.2 Å². The smallest absolute Gasteiger partial charge is 0.239 e. The first-order valence-corrected chi connectivity index (χ1v) is 7.06. The topological polar surface area (TPSA) is 67.6 Å². The van der Waals surface area contributed by atoms with Crippen molar-refractivity contribution in [1.82, 2.24) is 15.4 Å². The molecule has 1 aliphatic rings. The van der Waals surface area contributed by atoms with Crippen molar-refractivity contribution in [3.8, 4) is 0 Å². The lowest BCUT2D eigenvalue weighted by molar-refractivity contribution is -0.137. The Morgan fingerprint density at radius 2 is 1.95 bits per heavy atom. The molecule has 1 aromatic rings. The van der Waals surface area contributed by atoms with Crippen LogP contribution in [0.3, 0.4) is 0 Å². The van der Waals surface area contributed by atoms with Crippen molar-refractivity contribution in [3.63, 3.8) is 0 Å². The number of carbonyl (C=O) groups is 1.